The molecular formula is C26H36N2O2. The van der Waals surface area contributed by atoms with Gasteiger partial charge in [-0.3, -0.25) is 15.2 Å². The quantitative estimate of drug-likeness (QED) is 0.504. The van der Waals surface area contributed by atoms with Crippen molar-refractivity contribution in [3.8, 4) is 0 Å². The lowest BCUT2D eigenvalue weighted by molar-refractivity contribution is -0.280. The molecule has 1 N–H and O–H groups in total. The van der Waals surface area contributed by atoms with Crippen LogP contribution in [0.2, 0.25) is 0 Å². The van der Waals surface area contributed by atoms with E-state index in [1.165, 1.54) is 16.8 Å². The zero-order valence-corrected chi connectivity index (χ0v) is 19.1. The highest BCUT2D eigenvalue weighted by molar-refractivity contribution is 5.29. The maximum atomic E-state index is 6.51. The van der Waals surface area contributed by atoms with E-state index in [9.17, 15) is 0 Å². The molecule has 0 aliphatic carbocycles. The number of hydrogen-bond acceptors (Lipinski definition) is 4. The van der Waals surface area contributed by atoms with Crippen molar-refractivity contribution in [1.29, 1.82) is 0 Å². The molecule has 4 heteroatoms. The Hall–Kier alpha value is -2.14. The summed E-state index contributed by atoms with van der Waals surface area (Å²) in [7, 11) is 0. The Morgan fingerprint density at radius 1 is 0.867 bits per heavy atom. The zero-order valence-electron chi connectivity index (χ0n) is 19.1. The molecule has 2 aromatic carbocycles. The maximum Gasteiger partial charge on any atom is 0.0996 e. The third kappa shape index (κ3) is 4.77. The second-order valence-electron chi connectivity index (χ2n) is 8.69. The molecule has 0 bridgehead atoms. The fourth-order valence-electron chi connectivity index (χ4n) is 4.24. The Morgan fingerprint density at radius 2 is 1.43 bits per heavy atom. The molecule has 0 aromatic heterocycles. The van der Waals surface area contributed by atoms with Gasteiger partial charge in [0.1, 0.15) is 0 Å². The van der Waals surface area contributed by atoms with Gasteiger partial charge in [0, 0.05) is 17.7 Å². The van der Waals surface area contributed by atoms with Gasteiger partial charge in [-0.25, -0.2) is 0 Å². The number of hydrogen-bond donors (Lipinski definition) is 1. The van der Waals surface area contributed by atoms with E-state index in [0.717, 1.165) is 24.8 Å². The molecule has 30 heavy (non-hydrogen) atoms. The van der Waals surface area contributed by atoms with Gasteiger partial charge in [0.05, 0.1) is 18.8 Å². The maximum absolute atomic E-state index is 6.51. The van der Waals surface area contributed by atoms with E-state index in [2.05, 4.69) is 81.6 Å². The fraction of sp³-hybridized carbons (Fsp3) is 0.462. The van der Waals surface area contributed by atoms with Crippen molar-refractivity contribution in [2.75, 3.05) is 0 Å². The van der Waals surface area contributed by atoms with Gasteiger partial charge in [-0.05, 0) is 50.3 Å². The number of nitrogens with zero attached hydrogens (tertiary/aromatic N) is 1. The van der Waals surface area contributed by atoms with Crippen LogP contribution in [-0.2, 0) is 22.9 Å². The largest absolute Gasteiger partial charge is 0.293 e. The SMILES string of the molecule is CCC1(C)CC(NOCc2ccccc2)=C(C)C(C)(CC)N1OCc1ccccc1. The van der Waals surface area contributed by atoms with Crippen LogP contribution in [0.4, 0.5) is 0 Å². The van der Waals surface area contributed by atoms with Crippen molar-refractivity contribution in [3.05, 3.63) is 83.1 Å². The van der Waals surface area contributed by atoms with E-state index >= 15 is 0 Å². The van der Waals surface area contributed by atoms with Crippen LogP contribution in [0.15, 0.2) is 71.9 Å². The van der Waals surface area contributed by atoms with Gasteiger partial charge in [-0.1, -0.05) is 74.5 Å². The molecule has 3 rings (SSSR count). The summed E-state index contributed by atoms with van der Waals surface area (Å²) in [6.07, 6.45) is 2.79. The monoisotopic (exact) mass is 408 g/mol. The molecule has 162 valence electrons. The molecular weight excluding hydrogens is 372 g/mol. The fourth-order valence-corrected chi connectivity index (χ4v) is 4.24. The first-order valence-corrected chi connectivity index (χ1v) is 11.0. The van der Waals surface area contributed by atoms with Crippen LogP contribution in [-0.4, -0.2) is 16.1 Å². The number of nitrogens with one attached hydrogen (secondary N) is 1. The first kappa shape index (κ1) is 22.5. The molecule has 1 aliphatic rings. The third-order valence-corrected chi connectivity index (χ3v) is 6.69. The Balaban J connectivity index is 1.79. The summed E-state index contributed by atoms with van der Waals surface area (Å²) >= 11 is 0. The van der Waals surface area contributed by atoms with E-state index in [1.54, 1.807) is 0 Å². The van der Waals surface area contributed by atoms with Gasteiger partial charge >= 0.3 is 0 Å². The average Bonchev–Trinajstić information content (AvgIpc) is 2.78. The van der Waals surface area contributed by atoms with Crippen LogP contribution >= 0.6 is 0 Å². The average molecular weight is 409 g/mol. The summed E-state index contributed by atoms with van der Waals surface area (Å²) < 4.78 is 0. The lowest BCUT2D eigenvalue weighted by Gasteiger charge is -2.54. The molecule has 4 nitrogen and oxygen atoms in total. The minimum absolute atomic E-state index is 0.127. The lowest BCUT2D eigenvalue weighted by atomic mass is 9.76. The predicted octanol–water partition coefficient (Wildman–Crippen LogP) is 6.16. The van der Waals surface area contributed by atoms with Crippen molar-refractivity contribution >= 4 is 0 Å². The van der Waals surface area contributed by atoms with Crippen LogP contribution in [0.3, 0.4) is 0 Å². The topological polar surface area (TPSA) is 33.7 Å². The van der Waals surface area contributed by atoms with Gasteiger partial charge in [0.15, 0.2) is 0 Å². The lowest BCUT2D eigenvalue weighted by Crippen LogP contribution is -2.62. The van der Waals surface area contributed by atoms with Crippen LogP contribution < -0.4 is 5.48 Å². The summed E-state index contributed by atoms with van der Waals surface area (Å²) in [5, 5.41) is 2.25. The van der Waals surface area contributed by atoms with Crippen molar-refractivity contribution in [1.82, 2.24) is 10.5 Å². The van der Waals surface area contributed by atoms with Gasteiger partial charge in [-0.15, -0.1) is 0 Å². The van der Waals surface area contributed by atoms with E-state index in [-0.39, 0.29) is 11.1 Å². The number of benzene rings is 2. The summed E-state index contributed by atoms with van der Waals surface area (Å²) in [6, 6.07) is 20.6. The Bertz CT molecular complexity index is 837. The van der Waals surface area contributed by atoms with Crippen molar-refractivity contribution in [3.63, 3.8) is 0 Å². The summed E-state index contributed by atoms with van der Waals surface area (Å²) in [5.74, 6) is 0. The van der Waals surface area contributed by atoms with Gasteiger partial charge in [-0.2, -0.15) is 5.06 Å². The second-order valence-corrected chi connectivity index (χ2v) is 8.69. The number of rotatable bonds is 9. The van der Waals surface area contributed by atoms with E-state index in [1.807, 2.05) is 24.3 Å². The van der Waals surface area contributed by atoms with Gasteiger partial charge < -0.3 is 0 Å². The van der Waals surface area contributed by atoms with Crippen LogP contribution in [0.5, 0.6) is 0 Å². The van der Waals surface area contributed by atoms with E-state index in [0.29, 0.717) is 13.2 Å². The molecule has 0 spiro atoms. The highest BCUT2D eigenvalue weighted by Gasteiger charge is 2.49. The molecule has 0 amide bonds. The smallest absolute Gasteiger partial charge is 0.0996 e. The Labute approximate surface area is 181 Å². The van der Waals surface area contributed by atoms with Crippen molar-refractivity contribution in [2.24, 2.45) is 0 Å². The predicted molar refractivity (Wildman–Crippen MR) is 122 cm³/mol. The van der Waals surface area contributed by atoms with Crippen molar-refractivity contribution in [2.45, 2.75) is 78.2 Å². The van der Waals surface area contributed by atoms with Crippen LogP contribution in [0.25, 0.3) is 0 Å². The molecule has 1 heterocycles. The first-order chi connectivity index (χ1) is 14.4. The second kappa shape index (κ2) is 9.78. The highest BCUT2D eigenvalue weighted by atomic mass is 16.7. The minimum atomic E-state index is -0.212. The van der Waals surface area contributed by atoms with E-state index < -0.39 is 0 Å². The molecule has 2 unspecified atom stereocenters. The van der Waals surface area contributed by atoms with Crippen LogP contribution in [0, 0.1) is 0 Å². The molecule has 2 aromatic rings. The van der Waals surface area contributed by atoms with Gasteiger partial charge in [0.2, 0.25) is 0 Å². The minimum Gasteiger partial charge on any atom is -0.293 e. The summed E-state index contributed by atoms with van der Waals surface area (Å²) in [5.41, 5.74) is 7.73. The molecule has 0 radical (unpaired) electrons. The summed E-state index contributed by atoms with van der Waals surface area (Å²) in [4.78, 5) is 12.4. The highest BCUT2D eigenvalue weighted by Crippen LogP contribution is 2.45. The first-order valence-electron chi connectivity index (χ1n) is 11.0. The molecule has 0 saturated carbocycles. The molecule has 0 saturated heterocycles. The zero-order chi connectivity index (χ0) is 21.6. The van der Waals surface area contributed by atoms with E-state index in [4.69, 9.17) is 9.68 Å². The van der Waals surface area contributed by atoms with Crippen LogP contribution in [0.1, 0.15) is 65.0 Å². The summed E-state index contributed by atoms with van der Waals surface area (Å²) in [6.45, 7) is 12.3. The third-order valence-electron chi connectivity index (χ3n) is 6.69. The molecule has 1 aliphatic heterocycles. The number of hydroxylamine groups is 3. The molecule has 2 atom stereocenters. The normalized spacial score (nSPS) is 24.8. The molecule has 0 fully saturated rings. The van der Waals surface area contributed by atoms with Gasteiger partial charge in [0.25, 0.3) is 0 Å². The van der Waals surface area contributed by atoms with Crippen molar-refractivity contribution < 1.29 is 9.68 Å². The Kier molecular flexibility index (Phi) is 7.35. The Morgan fingerprint density at radius 3 is 1.97 bits per heavy atom. The standard InChI is InChI=1S/C26H36N2O2/c1-6-25(4)18-24(27-29-19-22-14-10-8-11-15-22)21(3)26(5,7-2)28(25)30-20-23-16-12-9-13-17-23/h8-17,27H,6-7,18-20H2,1-5H3.